The van der Waals surface area contributed by atoms with Crippen molar-refractivity contribution in [3.05, 3.63) is 50.6 Å². The fourth-order valence-corrected chi connectivity index (χ4v) is 2.27. The van der Waals surface area contributed by atoms with Crippen LogP contribution in [0.15, 0.2) is 34.9 Å². The monoisotopic (exact) mass is 382 g/mol. The number of nitrogens with zero attached hydrogens (tertiary/aromatic N) is 3. The first kappa shape index (κ1) is 16.6. The number of carbonyl (C=O) groups excluding carboxylic acids is 2. The van der Waals surface area contributed by atoms with E-state index in [1.165, 1.54) is 19.4 Å². The SMILES string of the molecule is COC(=O)c1ccccc1NC(=O)Cn1cc(Br)c([N+](=O)[O-])n1. The summed E-state index contributed by atoms with van der Waals surface area (Å²) in [5.41, 5.74) is 0.487. The van der Waals surface area contributed by atoms with Gasteiger partial charge in [-0.05, 0) is 33.0 Å². The molecule has 120 valence electrons. The van der Waals surface area contributed by atoms with Crippen molar-refractivity contribution in [3.8, 4) is 0 Å². The lowest BCUT2D eigenvalue weighted by Gasteiger charge is -2.08. The predicted molar refractivity (Wildman–Crippen MR) is 83.0 cm³/mol. The number of rotatable bonds is 5. The highest BCUT2D eigenvalue weighted by Crippen LogP contribution is 2.22. The van der Waals surface area contributed by atoms with Gasteiger partial charge < -0.3 is 20.2 Å². The number of ether oxygens (including phenoxy) is 1. The van der Waals surface area contributed by atoms with Crippen LogP contribution < -0.4 is 5.32 Å². The molecule has 1 aromatic heterocycles. The summed E-state index contributed by atoms with van der Waals surface area (Å²) in [4.78, 5) is 33.7. The van der Waals surface area contributed by atoms with Crippen molar-refractivity contribution in [2.24, 2.45) is 0 Å². The van der Waals surface area contributed by atoms with E-state index < -0.39 is 16.8 Å². The zero-order chi connectivity index (χ0) is 17.0. The van der Waals surface area contributed by atoms with Crippen molar-refractivity contribution in [1.82, 2.24) is 9.78 Å². The van der Waals surface area contributed by atoms with Crippen molar-refractivity contribution in [3.63, 3.8) is 0 Å². The number of aromatic nitrogens is 2. The van der Waals surface area contributed by atoms with Gasteiger partial charge in [-0.25, -0.2) is 4.79 Å². The lowest BCUT2D eigenvalue weighted by molar-refractivity contribution is -0.390. The molecule has 0 saturated carbocycles. The van der Waals surface area contributed by atoms with E-state index in [4.69, 9.17) is 0 Å². The Bertz CT molecular complexity index is 773. The van der Waals surface area contributed by atoms with Gasteiger partial charge >= 0.3 is 11.8 Å². The molecule has 0 radical (unpaired) electrons. The summed E-state index contributed by atoms with van der Waals surface area (Å²) < 4.78 is 5.93. The molecule has 1 aromatic carbocycles. The van der Waals surface area contributed by atoms with Gasteiger partial charge in [-0.2, -0.15) is 4.68 Å². The average Bonchev–Trinajstić information content (AvgIpc) is 2.87. The fraction of sp³-hybridized carbons (Fsp3) is 0.154. The van der Waals surface area contributed by atoms with Crippen molar-refractivity contribution in [1.29, 1.82) is 0 Å². The number of esters is 1. The molecule has 2 aromatic rings. The molecule has 0 atom stereocenters. The molecular formula is C13H11BrN4O5. The normalized spacial score (nSPS) is 10.2. The highest BCUT2D eigenvalue weighted by molar-refractivity contribution is 9.10. The molecule has 0 saturated heterocycles. The maximum atomic E-state index is 12.0. The number of nitrogens with one attached hydrogen (secondary N) is 1. The van der Waals surface area contributed by atoms with Crippen LogP contribution >= 0.6 is 15.9 Å². The molecule has 0 spiro atoms. The summed E-state index contributed by atoms with van der Waals surface area (Å²) in [5.74, 6) is -1.46. The van der Waals surface area contributed by atoms with Crippen LogP contribution in [0, 0.1) is 10.1 Å². The van der Waals surface area contributed by atoms with Gasteiger partial charge in [0, 0.05) is 0 Å². The highest BCUT2D eigenvalue weighted by Gasteiger charge is 2.20. The standard InChI is InChI=1S/C13H11BrN4O5/c1-23-13(20)8-4-2-3-5-10(8)15-11(19)7-17-6-9(14)12(16-17)18(21)22/h2-6H,7H2,1H3,(H,15,19). The van der Waals surface area contributed by atoms with Crippen molar-refractivity contribution < 1.29 is 19.2 Å². The molecule has 0 aliphatic heterocycles. The smallest absolute Gasteiger partial charge is 0.404 e. The Morgan fingerprint density at radius 3 is 2.74 bits per heavy atom. The van der Waals surface area contributed by atoms with E-state index in [-0.39, 0.29) is 28.1 Å². The maximum absolute atomic E-state index is 12.0. The Labute approximate surface area is 138 Å². The second-order valence-corrected chi connectivity index (χ2v) is 5.20. The number of anilines is 1. The number of amides is 1. The lowest BCUT2D eigenvalue weighted by atomic mass is 10.2. The van der Waals surface area contributed by atoms with Crippen LogP contribution in [0.5, 0.6) is 0 Å². The molecule has 1 amide bonds. The van der Waals surface area contributed by atoms with Gasteiger partial charge in [-0.15, -0.1) is 0 Å². The van der Waals surface area contributed by atoms with Crippen molar-refractivity contribution >= 4 is 39.3 Å². The van der Waals surface area contributed by atoms with Gasteiger partial charge in [0.15, 0.2) is 0 Å². The van der Waals surface area contributed by atoms with Crippen LogP contribution in [0.3, 0.4) is 0 Å². The summed E-state index contributed by atoms with van der Waals surface area (Å²) in [6.07, 6.45) is 1.32. The Hall–Kier alpha value is -2.75. The number of nitro groups is 1. The topological polar surface area (TPSA) is 116 Å². The fourth-order valence-electron chi connectivity index (χ4n) is 1.81. The molecule has 2 rings (SSSR count). The van der Waals surface area contributed by atoms with Gasteiger partial charge in [-0.3, -0.25) is 4.79 Å². The predicted octanol–water partition coefficient (Wildman–Crippen LogP) is 1.98. The van der Waals surface area contributed by atoms with E-state index in [0.717, 1.165) is 4.68 Å². The Kier molecular flexibility index (Phi) is 5.06. The van der Waals surface area contributed by atoms with Gasteiger partial charge in [0.1, 0.15) is 11.0 Å². The van der Waals surface area contributed by atoms with E-state index in [1.54, 1.807) is 18.2 Å². The maximum Gasteiger partial charge on any atom is 0.404 e. The summed E-state index contributed by atoms with van der Waals surface area (Å²) in [6, 6.07) is 6.34. The molecule has 0 aliphatic rings. The number of hydrogen-bond donors (Lipinski definition) is 1. The van der Waals surface area contributed by atoms with Crippen LogP contribution in [0.25, 0.3) is 0 Å². The first-order chi connectivity index (χ1) is 10.9. The van der Waals surface area contributed by atoms with E-state index in [2.05, 4.69) is 31.1 Å². The van der Waals surface area contributed by atoms with E-state index in [0.29, 0.717) is 0 Å². The quantitative estimate of drug-likeness (QED) is 0.480. The van der Waals surface area contributed by atoms with Gasteiger partial charge in [0.05, 0.1) is 29.7 Å². The molecular weight excluding hydrogens is 372 g/mol. The number of carbonyl (C=O) groups is 2. The molecule has 0 fully saturated rings. The van der Waals surface area contributed by atoms with Crippen LogP contribution in [0.2, 0.25) is 0 Å². The third kappa shape index (κ3) is 3.92. The number of halogens is 1. The third-order valence-electron chi connectivity index (χ3n) is 2.78. The third-order valence-corrected chi connectivity index (χ3v) is 3.34. The molecule has 10 heteroatoms. The second kappa shape index (κ2) is 7.01. The number of para-hydroxylation sites is 1. The molecule has 0 aliphatic carbocycles. The minimum atomic E-state index is -0.662. The number of methoxy groups -OCH3 is 1. The zero-order valence-corrected chi connectivity index (χ0v) is 13.4. The molecule has 9 nitrogen and oxygen atoms in total. The summed E-state index contributed by atoms with van der Waals surface area (Å²) >= 11 is 3.00. The zero-order valence-electron chi connectivity index (χ0n) is 11.9. The minimum Gasteiger partial charge on any atom is -0.465 e. The minimum absolute atomic E-state index is 0.172. The van der Waals surface area contributed by atoms with E-state index in [9.17, 15) is 19.7 Å². The van der Waals surface area contributed by atoms with Gasteiger partial charge in [-0.1, -0.05) is 12.1 Å². The molecule has 23 heavy (non-hydrogen) atoms. The Balaban J connectivity index is 2.13. The van der Waals surface area contributed by atoms with E-state index in [1.807, 2.05) is 0 Å². The van der Waals surface area contributed by atoms with E-state index >= 15 is 0 Å². The van der Waals surface area contributed by atoms with Crippen LogP contribution in [-0.2, 0) is 16.1 Å². The first-order valence-corrected chi connectivity index (χ1v) is 7.06. The van der Waals surface area contributed by atoms with Crippen molar-refractivity contribution in [2.75, 3.05) is 12.4 Å². The number of hydrogen-bond acceptors (Lipinski definition) is 6. The molecule has 0 bridgehead atoms. The lowest BCUT2D eigenvalue weighted by Crippen LogP contribution is -2.20. The Morgan fingerprint density at radius 2 is 2.13 bits per heavy atom. The van der Waals surface area contributed by atoms with Crippen molar-refractivity contribution in [2.45, 2.75) is 6.54 Å². The van der Waals surface area contributed by atoms with Crippen LogP contribution in [0.1, 0.15) is 10.4 Å². The van der Waals surface area contributed by atoms with Gasteiger partial charge in [0.25, 0.3) is 0 Å². The van der Waals surface area contributed by atoms with Crippen LogP contribution in [-0.4, -0.2) is 33.7 Å². The van der Waals surface area contributed by atoms with Gasteiger partial charge in [0.2, 0.25) is 5.91 Å². The summed E-state index contributed by atoms with van der Waals surface area (Å²) in [7, 11) is 1.24. The van der Waals surface area contributed by atoms with Crippen LogP contribution in [0.4, 0.5) is 11.5 Å². The second-order valence-electron chi connectivity index (χ2n) is 4.34. The summed E-state index contributed by atoms with van der Waals surface area (Å²) in [6.45, 7) is -0.248. The largest absolute Gasteiger partial charge is 0.465 e. The molecule has 1 heterocycles. The molecule has 1 N–H and O–H groups in total. The average molecular weight is 383 g/mol. The first-order valence-electron chi connectivity index (χ1n) is 6.27. The Morgan fingerprint density at radius 1 is 1.43 bits per heavy atom. The summed E-state index contributed by atoms with van der Waals surface area (Å²) in [5, 5.41) is 16.9. The highest BCUT2D eigenvalue weighted by atomic mass is 79.9. The number of benzene rings is 1. The molecule has 0 unspecified atom stereocenters.